The van der Waals surface area contributed by atoms with Gasteiger partial charge in [0.2, 0.25) is 11.8 Å². The van der Waals surface area contributed by atoms with Gasteiger partial charge in [0.25, 0.3) is 5.56 Å². The molecule has 6 heteroatoms. The maximum atomic E-state index is 13.5. The molecule has 0 amide bonds. The van der Waals surface area contributed by atoms with E-state index < -0.39 is 0 Å². The van der Waals surface area contributed by atoms with Crippen molar-refractivity contribution in [2.24, 2.45) is 0 Å². The molecular formula is C26H14N4O2. The summed E-state index contributed by atoms with van der Waals surface area (Å²) in [6.07, 6.45) is 0. The van der Waals surface area contributed by atoms with Crippen LogP contribution in [0.3, 0.4) is 0 Å². The third kappa shape index (κ3) is 2.23. The summed E-state index contributed by atoms with van der Waals surface area (Å²) >= 11 is 0. The van der Waals surface area contributed by atoms with Crippen molar-refractivity contribution in [1.29, 1.82) is 0 Å². The van der Waals surface area contributed by atoms with E-state index in [9.17, 15) is 4.79 Å². The lowest BCUT2D eigenvalue weighted by Crippen LogP contribution is -2.13. The van der Waals surface area contributed by atoms with Crippen molar-refractivity contribution >= 4 is 38.2 Å². The fourth-order valence-electron chi connectivity index (χ4n) is 4.52. The molecule has 0 unspecified atom stereocenters. The van der Waals surface area contributed by atoms with Crippen LogP contribution in [0.15, 0.2) is 94.1 Å². The molecule has 0 spiro atoms. The molecule has 0 aliphatic carbocycles. The molecule has 0 atom stereocenters. The first-order valence-electron chi connectivity index (χ1n) is 10.3. The van der Waals surface area contributed by atoms with E-state index in [2.05, 4.69) is 10.2 Å². The lowest BCUT2D eigenvalue weighted by molar-refractivity contribution is 0.585. The largest absolute Gasteiger partial charge is 0.416 e. The molecule has 7 rings (SSSR count). The van der Waals surface area contributed by atoms with Gasteiger partial charge in [-0.15, -0.1) is 10.2 Å². The minimum Gasteiger partial charge on any atom is -0.416 e. The topological polar surface area (TPSA) is 73.3 Å². The van der Waals surface area contributed by atoms with Gasteiger partial charge in [-0.3, -0.25) is 9.20 Å². The number of rotatable bonds is 2. The Balaban J connectivity index is 1.55. The summed E-state index contributed by atoms with van der Waals surface area (Å²) in [5, 5.41) is 11.8. The van der Waals surface area contributed by atoms with E-state index in [0.717, 1.165) is 38.3 Å². The summed E-state index contributed by atoms with van der Waals surface area (Å²) in [4.78, 5) is 18.2. The molecule has 0 N–H and O–H groups in total. The highest BCUT2D eigenvalue weighted by atomic mass is 16.4. The molecule has 0 radical (unpaired) electrons. The Hall–Kier alpha value is -4.58. The third-order valence-corrected chi connectivity index (χ3v) is 5.95. The number of hydrogen-bond acceptors (Lipinski definition) is 5. The van der Waals surface area contributed by atoms with Crippen molar-refractivity contribution in [1.82, 2.24) is 19.6 Å². The van der Waals surface area contributed by atoms with E-state index in [4.69, 9.17) is 9.40 Å². The van der Waals surface area contributed by atoms with Crippen molar-refractivity contribution in [3.63, 3.8) is 0 Å². The average molecular weight is 414 g/mol. The van der Waals surface area contributed by atoms with Gasteiger partial charge < -0.3 is 4.42 Å². The van der Waals surface area contributed by atoms with Crippen LogP contribution in [0.1, 0.15) is 0 Å². The lowest BCUT2D eigenvalue weighted by Gasteiger charge is -2.09. The molecule has 32 heavy (non-hydrogen) atoms. The number of hydrogen-bond donors (Lipinski definition) is 0. The Morgan fingerprint density at radius 1 is 0.688 bits per heavy atom. The Morgan fingerprint density at radius 2 is 1.47 bits per heavy atom. The summed E-state index contributed by atoms with van der Waals surface area (Å²) in [5.74, 6) is 0.873. The lowest BCUT2D eigenvalue weighted by atomic mass is 9.98. The van der Waals surface area contributed by atoms with Gasteiger partial charge >= 0.3 is 0 Å². The van der Waals surface area contributed by atoms with E-state index >= 15 is 0 Å². The van der Waals surface area contributed by atoms with Crippen LogP contribution in [0.2, 0.25) is 0 Å². The van der Waals surface area contributed by atoms with E-state index in [0.29, 0.717) is 22.8 Å². The number of nitrogens with zero attached hydrogens (tertiary/aromatic N) is 4. The van der Waals surface area contributed by atoms with Crippen LogP contribution in [0.5, 0.6) is 0 Å². The zero-order valence-electron chi connectivity index (χ0n) is 16.7. The van der Waals surface area contributed by atoms with Crippen LogP contribution in [-0.2, 0) is 0 Å². The van der Waals surface area contributed by atoms with Crippen LogP contribution in [-0.4, -0.2) is 19.6 Å². The quantitative estimate of drug-likeness (QED) is 0.383. The van der Waals surface area contributed by atoms with Crippen molar-refractivity contribution in [3.8, 4) is 22.9 Å². The first kappa shape index (κ1) is 17.1. The van der Waals surface area contributed by atoms with Crippen molar-refractivity contribution in [2.45, 2.75) is 0 Å². The van der Waals surface area contributed by atoms with E-state index in [1.54, 1.807) is 4.40 Å². The van der Waals surface area contributed by atoms with Gasteiger partial charge in [0.1, 0.15) is 5.65 Å². The van der Waals surface area contributed by atoms with Gasteiger partial charge in [-0.25, -0.2) is 4.98 Å². The molecular weight excluding hydrogens is 400 g/mol. The molecule has 0 saturated heterocycles. The van der Waals surface area contributed by atoms with Crippen LogP contribution < -0.4 is 5.56 Å². The summed E-state index contributed by atoms with van der Waals surface area (Å²) in [6, 6.07) is 27.0. The minimum absolute atomic E-state index is 0.0838. The number of benzene rings is 4. The predicted molar refractivity (Wildman–Crippen MR) is 124 cm³/mol. The number of aromatic nitrogens is 4. The molecule has 0 saturated carbocycles. The highest BCUT2D eigenvalue weighted by Gasteiger charge is 2.19. The van der Waals surface area contributed by atoms with Gasteiger partial charge in [-0.05, 0) is 41.8 Å². The molecule has 3 aromatic heterocycles. The summed E-state index contributed by atoms with van der Waals surface area (Å²) in [6.45, 7) is 0. The van der Waals surface area contributed by atoms with Crippen LogP contribution >= 0.6 is 0 Å². The average Bonchev–Trinajstić information content (AvgIpc) is 3.48. The molecule has 4 aromatic carbocycles. The maximum absolute atomic E-state index is 13.5. The second-order valence-corrected chi connectivity index (χ2v) is 7.73. The zero-order valence-corrected chi connectivity index (χ0v) is 16.7. The summed E-state index contributed by atoms with van der Waals surface area (Å²) in [7, 11) is 0. The molecule has 0 aliphatic heterocycles. The molecule has 150 valence electrons. The first-order valence-corrected chi connectivity index (χ1v) is 10.3. The molecule has 6 nitrogen and oxygen atoms in total. The number of pyridine rings is 1. The second-order valence-electron chi connectivity index (χ2n) is 7.73. The molecule has 0 bridgehead atoms. The molecule has 7 aromatic rings. The highest BCUT2D eigenvalue weighted by molar-refractivity contribution is 6.18. The monoisotopic (exact) mass is 414 g/mol. The molecule has 3 heterocycles. The van der Waals surface area contributed by atoms with Crippen molar-refractivity contribution in [3.05, 3.63) is 95.3 Å². The summed E-state index contributed by atoms with van der Waals surface area (Å²) in [5.41, 5.74) is 3.82. The number of fused-ring (bicyclic) bond motifs is 4. The summed E-state index contributed by atoms with van der Waals surface area (Å²) < 4.78 is 7.71. The Kier molecular flexibility index (Phi) is 3.33. The van der Waals surface area contributed by atoms with Gasteiger partial charge in [-0.2, -0.15) is 0 Å². The van der Waals surface area contributed by atoms with E-state index in [-0.39, 0.29) is 5.56 Å². The van der Waals surface area contributed by atoms with Crippen molar-refractivity contribution in [2.75, 3.05) is 0 Å². The highest BCUT2D eigenvalue weighted by Crippen LogP contribution is 2.36. The predicted octanol–water partition coefficient (Wildman–Crippen LogP) is 5.31. The second kappa shape index (κ2) is 6.21. The Bertz CT molecular complexity index is 1850. The van der Waals surface area contributed by atoms with Gasteiger partial charge in [-0.1, -0.05) is 48.5 Å². The SMILES string of the molecule is O=c1c2ccc(-c3nnc(-c4ccccc4)o3)c3cccc(c32)c2nc3ccccc3n12. The van der Waals surface area contributed by atoms with Gasteiger partial charge in [0.05, 0.1) is 11.0 Å². The van der Waals surface area contributed by atoms with Crippen LogP contribution in [0, 0.1) is 0 Å². The first-order chi connectivity index (χ1) is 15.8. The van der Waals surface area contributed by atoms with Crippen LogP contribution in [0.25, 0.3) is 61.1 Å². The number of imidazole rings is 1. The zero-order chi connectivity index (χ0) is 21.2. The molecule has 0 fully saturated rings. The Labute approximate surface area is 180 Å². The maximum Gasteiger partial charge on any atom is 0.264 e. The Morgan fingerprint density at radius 3 is 2.38 bits per heavy atom. The van der Waals surface area contributed by atoms with Crippen LogP contribution in [0.4, 0.5) is 0 Å². The fourth-order valence-corrected chi connectivity index (χ4v) is 4.52. The third-order valence-electron chi connectivity index (χ3n) is 5.95. The standard InChI is InChI=1S/C26H14N4O2/c31-26-19-14-13-17(25-29-28-24(32-25)15-7-2-1-3-8-15)16-9-6-10-18(22(16)19)23-27-20-11-4-5-12-21(20)30(23)26/h1-14H. The number of para-hydroxylation sites is 2. The van der Waals surface area contributed by atoms with E-state index in [1.807, 2.05) is 84.9 Å². The van der Waals surface area contributed by atoms with Crippen molar-refractivity contribution < 1.29 is 4.42 Å². The fraction of sp³-hybridized carbons (Fsp3) is 0. The normalized spacial score (nSPS) is 11.9. The van der Waals surface area contributed by atoms with Gasteiger partial charge in [0.15, 0.2) is 0 Å². The smallest absolute Gasteiger partial charge is 0.264 e. The molecule has 0 aliphatic rings. The van der Waals surface area contributed by atoms with E-state index in [1.165, 1.54) is 0 Å². The van der Waals surface area contributed by atoms with Gasteiger partial charge in [0, 0.05) is 27.3 Å². The minimum atomic E-state index is -0.0838.